The zero-order valence-electron chi connectivity index (χ0n) is 11.3. The number of aliphatic carboxylic acids is 1. The molecule has 0 aliphatic carbocycles. The molecule has 2 rings (SSSR count). The second-order valence-corrected chi connectivity index (χ2v) is 7.46. The number of hydrogen-bond donors (Lipinski definition) is 1. The second-order valence-electron chi connectivity index (χ2n) is 5.28. The van der Waals surface area contributed by atoms with Crippen molar-refractivity contribution >= 4 is 15.8 Å². The average molecular weight is 298 g/mol. The molecule has 1 heterocycles. The van der Waals surface area contributed by atoms with Crippen molar-refractivity contribution in [2.45, 2.75) is 19.3 Å². The maximum absolute atomic E-state index is 11.6. The number of sulfone groups is 1. The molecule has 5 nitrogen and oxygen atoms in total. The molecular weight excluding hydrogens is 280 g/mol. The van der Waals surface area contributed by atoms with E-state index in [9.17, 15) is 18.3 Å². The number of rotatable bonds is 5. The van der Waals surface area contributed by atoms with Crippen LogP contribution >= 0.6 is 0 Å². The number of ether oxygens (including phenoxy) is 1. The van der Waals surface area contributed by atoms with Crippen LogP contribution in [0.5, 0.6) is 5.75 Å². The van der Waals surface area contributed by atoms with Gasteiger partial charge in [-0.1, -0.05) is 12.1 Å². The minimum Gasteiger partial charge on any atom is -0.497 e. The van der Waals surface area contributed by atoms with Crippen LogP contribution in [0.2, 0.25) is 0 Å². The number of carboxylic acids is 1. The first kappa shape index (κ1) is 14.8. The van der Waals surface area contributed by atoms with Gasteiger partial charge in [-0.05, 0) is 37.0 Å². The topological polar surface area (TPSA) is 80.7 Å². The molecule has 20 heavy (non-hydrogen) atoms. The van der Waals surface area contributed by atoms with Gasteiger partial charge in [0.25, 0.3) is 0 Å². The van der Waals surface area contributed by atoms with E-state index in [0.717, 1.165) is 11.3 Å². The molecule has 0 saturated carbocycles. The number of methoxy groups -OCH3 is 1. The summed E-state index contributed by atoms with van der Waals surface area (Å²) in [6.45, 7) is 0. The summed E-state index contributed by atoms with van der Waals surface area (Å²) in [6.07, 6.45) is 1.10. The van der Waals surface area contributed by atoms with Crippen LogP contribution in [0, 0.1) is 5.41 Å². The highest BCUT2D eigenvalue weighted by molar-refractivity contribution is 7.91. The zero-order chi connectivity index (χ0) is 14.8. The molecule has 0 radical (unpaired) electrons. The molecule has 110 valence electrons. The Bertz CT molecular complexity index is 590. The fourth-order valence-electron chi connectivity index (χ4n) is 2.56. The number of carboxylic acid groups (broad SMARTS) is 1. The third-order valence-electron chi connectivity index (χ3n) is 3.89. The van der Waals surface area contributed by atoms with Crippen LogP contribution in [0.3, 0.4) is 0 Å². The monoisotopic (exact) mass is 298 g/mol. The predicted molar refractivity (Wildman–Crippen MR) is 74.7 cm³/mol. The van der Waals surface area contributed by atoms with Gasteiger partial charge in [-0.15, -0.1) is 0 Å². The fourth-order valence-corrected chi connectivity index (χ4v) is 4.66. The summed E-state index contributed by atoms with van der Waals surface area (Å²) in [5.74, 6) is -0.537. The summed E-state index contributed by atoms with van der Waals surface area (Å²) in [7, 11) is -1.63. The average Bonchev–Trinajstić information content (AvgIpc) is 2.74. The lowest BCUT2D eigenvalue weighted by Crippen LogP contribution is -2.32. The largest absolute Gasteiger partial charge is 0.497 e. The Morgan fingerprint density at radius 1 is 1.35 bits per heavy atom. The molecule has 0 bridgehead atoms. The van der Waals surface area contributed by atoms with Crippen molar-refractivity contribution in [1.82, 2.24) is 0 Å². The van der Waals surface area contributed by atoms with E-state index in [2.05, 4.69) is 0 Å². The van der Waals surface area contributed by atoms with Crippen molar-refractivity contribution in [3.63, 3.8) is 0 Å². The molecule has 1 N–H and O–H groups in total. The number of benzene rings is 1. The first-order chi connectivity index (χ1) is 9.37. The second kappa shape index (κ2) is 5.44. The maximum Gasteiger partial charge on any atom is 0.310 e. The van der Waals surface area contributed by atoms with Gasteiger partial charge in [0, 0.05) is 0 Å². The Balaban J connectivity index is 2.08. The zero-order valence-corrected chi connectivity index (χ0v) is 12.1. The summed E-state index contributed by atoms with van der Waals surface area (Å²) in [5, 5.41) is 9.37. The molecule has 1 aliphatic rings. The molecule has 0 amide bonds. The van der Waals surface area contributed by atoms with Gasteiger partial charge in [0.05, 0.1) is 24.0 Å². The maximum atomic E-state index is 11.6. The lowest BCUT2D eigenvalue weighted by atomic mass is 9.82. The van der Waals surface area contributed by atoms with E-state index in [-0.39, 0.29) is 17.9 Å². The normalized spacial score (nSPS) is 24.4. The van der Waals surface area contributed by atoms with Gasteiger partial charge in [-0.25, -0.2) is 8.42 Å². The van der Waals surface area contributed by atoms with Crippen molar-refractivity contribution in [2.75, 3.05) is 18.6 Å². The van der Waals surface area contributed by atoms with Crippen molar-refractivity contribution in [3.8, 4) is 5.75 Å². The van der Waals surface area contributed by atoms with Gasteiger partial charge in [0.15, 0.2) is 9.84 Å². The van der Waals surface area contributed by atoms with E-state index >= 15 is 0 Å². The molecule has 1 aromatic rings. The fraction of sp³-hybridized carbons (Fsp3) is 0.500. The number of carbonyl (C=O) groups is 1. The van der Waals surface area contributed by atoms with E-state index in [1.807, 2.05) is 24.3 Å². The van der Waals surface area contributed by atoms with Gasteiger partial charge in [0.1, 0.15) is 5.75 Å². The molecule has 1 saturated heterocycles. The summed E-state index contributed by atoms with van der Waals surface area (Å²) < 4.78 is 28.2. The lowest BCUT2D eigenvalue weighted by Gasteiger charge is -2.22. The van der Waals surface area contributed by atoms with Gasteiger partial charge < -0.3 is 9.84 Å². The summed E-state index contributed by atoms with van der Waals surface area (Å²) >= 11 is 0. The Labute approximate surface area is 118 Å². The van der Waals surface area contributed by atoms with Gasteiger partial charge in [-0.2, -0.15) is 0 Å². The van der Waals surface area contributed by atoms with Crippen LogP contribution in [0.4, 0.5) is 0 Å². The predicted octanol–water partition coefficient (Wildman–Crippen LogP) is 1.52. The van der Waals surface area contributed by atoms with Gasteiger partial charge in [0.2, 0.25) is 0 Å². The van der Waals surface area contributed by atoms with Gasteiger partial charge in [-0.3, -0.25) is 4.79 Å². The van der Waals surface area contributed by atoms with E-state index in [4.69, 9.17) is 4.74 Å². The molecule has 0 spiro atoms. The number of aryl methyl sites for hydroxylation is 1. The van der Waals surface area contributed by atoms with Crippen molar-refractivity contribution < 1.29 is 23.1 Å². The molecule has 0 aromatic heterocycles. The van der Waals surface area contributed by atoms with E-state index < -0.39 is 21.2 Å². The van der Waals surface area contributed by atoms with Crippen molar-refractivity contribution in [3.05, 3.63) is 29.8 Å². The Hall–Kier alpha value is -1.56. The molecule has 6 heteroatoms. The van der Waals surface area contributed by atoms with Crippen LogP contribution < -0.4 is 4.74 Å². The van der Waals surface area contributed by atoms with Crippen LogP contribution in [0.1, 0.15) is 18.4 Å². The smallest absolute Gasteiger partial charge is 0.310 e. The third kappa shape index (κ3) is 3.12. The summed E-state index contributed by atoms with van der Waals surface area (Å²) in [6, 6.07) is 7.37. The SMILES string of the molecule is COc1ccc(CCC2(C(=O)O)CCS(=O)(=O)C2)cc1. The van der Waals surface area contributed by atoms with E-state index in [1.165, 1.54) is 0 Å². The Kier molecular flexibility index (Phi) is 4.04. The van der Waals surface area contributed by atoms with Crippen molar-refractivity contribution in [1.29, 1.82) is 0 Å². The van der Waals surface area contributed by atoms with Crippen LogP contribution in [0.25, 0.3) is 0 Å². The standard InChI is InChI=1S/C14H18O5S/c1-19-12-4-2-11(3-5-12)6-7-14(13(15)16)8-9-20(17,18)10-14/h2-5H,6-10H2,1H3,(H,15,16). The van der Waals surface area contributed by atoms with Crippen LogP contribution in [0.15, 0.2) is 24.3 Å². The summed E-state index contributed by atoms with van der Waals surface area (Å²) in [4.78, 5) is 11.4. The molecule has 1 aliphatic heterocycles. The third-order valence-corrected chi connectivity index (χ3v) is 5.71. The quantitative estimate of drug-likeness (QED) is 0.891. The lowest BCUT2D eigenvalue weighted by molar-refractivity contribution is -0.147. The minimum atomic E-state index is -3.21. The highest BCUT2D eigenvalue weighted by Crippen LogP contribution is 2.37. The van der Waals surface area contributed by atoms with E-state index in [0.29, 0.717) is 12.8 Å². The molecular formula is C14H18O5S. The first-order valence-electron chi connectivity index (χ1n) is 6.44. The van der Waals surface area contributed by atoms with E-state index in [1.54, 1.807) is 7.11 Å². The molecule has 1 aromatic carbocycles. The Morgan fingerprint density at radius 3 is 2.45 bits per heavy atom. The first-order valence-corrected chi connectivity index (χ1v) is 8.26. The Morgan fingerprint density at radius 2 is 2.00 bits per heavy atom. The highest BCUT2D eigenvalue weighted by atomic mass is 32.2. The molecule has 1 unspecified atom stereocenters. The molecule has 1 fully saturated rings. The van der Waals surface area contributed by atoms with Crippen LogP contribution in [-0.2, 0) is 21.1 Å². The number of hydrogen-bond acceptors (Lipinski definition) is 4. The van der Waals surface area contributed by atoms with Crippen molar-refractivity contribution in [2.24, 2.45) is 5.41 Å². The molecule has 1 atom stereocenters. The van der Waals surface area contributed by atoms with Gasteiger partial charge >= 0.3 is 5.97 Å². The highest BCUT2D eigenvalue weighted by Gasteiger charge is 2.47. The van der Waals surface area contributed by atoms with Crippen LogP contribution in [-0.4, -0.2) is 38.1 Å². The minimum absolute atomic E-state index is 0.0259. The summed E-state index contributed by atoms with van der Waals surface area (Å²) in [5.41, 5.74) is -0.144.